The van der Waals surface area contributed by atoms with Gasteiger partial charge in [0, 0.05) is 25.9 Å². The molecule has 0 aliphatic rings. The van der Waals surface area contributed by atoms with Gasteiger partial charge in [0.2, 0.25) is 0 Å². The van der Waals surface area contributed by atoms with E-state index >= 15 is 0 Å². The van der Waals surface area contributed by atoms with E-state index in [-0.39, 0.29) is 0 Å². The average molecular weight is 264 g/mol. The van der Waals surface area contributed by atoms with E-state index in [1.54, 1.807) is 0 Å². The van der Waals surface area contributed by atoms with E-state index in [4.69, 9.17) is 0 Å². The van der Waals surface area contributed by atoms with Crippen molar-refractivity contribution in [1.82, 2.24) is 9.55 Å². The number of hydrogen-bond donors (Lipinski definition) is 0. The fourth-order valence-electron chi connectivity index (χ4n) is 2.58. The van der Waals surface area contributed by atoms with Gasteiger partial charge in [0.1, 0.15) is 5.82 Å². The predicted octanol–water partition coefficient (Wildman–Crippen LogP) is 5.27. The van der Waals surface area contributed by atoms with Crippen molar-refractivity contribution >= 4 is 0 Å². The molecule has 1 heterocycles. The summed E-state index contributed by atoms with van der Waals surface area (Å²) in [6, 6.07) is 0. The van der Waals surface area contributed by atoms with Gasteiger partial charge < -0.3 is 4.57 Å². The maximum atomic E-state index is 4.36. The molecule has 0 aliphatic heterocycles. The van der Waals surface area contributed by atoms with E-state index in [1.165, 1.54) is 76.5 Å². The molecule has 0 N–H and O–H groups in total. The van der Waals surface area contributed by atoms with Gasteiger partial charge in [0.05, 0.1) is 0 Å². The number of nitrogens with zero attached hydrogens (tertiary/aromatic N) is 2. The van der Waals surface area contributed by atoms with Crippen LogP contribution < -0.4 is 0 Å². The van der Waals surface area contributed by atoms with Crippen LogP contribution in [-0.2, 0) is 13.5 Å². The van der Waals surface area contributed by atoms with Gasteiger partial charge in [0.15, 0.2) is 0 Å². The molecule has 1 rings (SSSR count). The van der Waals surface area contributed by atoms with Crippen LogP contribution in [0.15, 0.2) is 12.4 Å². The van der Waals surface area contributed by atoms with Gasteiger partial charge in [-0.2, -0.15) is 0 Å². The normalized spacial score (nSPS) is 11.1. The lowest BCUT2D eigenvalue weighted by Gasteiger charge is -2.03. The summed E-state index contributed by atoms with van der Waals surface area (Å²) in [5.41, 5.74) is 0. The van der Waals surface area contributed by atoms with Crippen LogP contribution in [0.25, 0.3) is 0 Å². The summed E-state index contributed by atoms with van der Waals surface area (Å²) in [4.78, 5) is 4.36. The Morgan fingerprint density at radius 1 is 0.842 bits per heavy atom. The highest BCUT2D eigenvalue weighted by Gasteiger charge is 1.98. The second-order valence-electron chi connectivity index (χ2n) is 5.74. The van der Waals surface area contributed by atoms with Crippen molar-refractivity contribution in [3.05, 3.63) is 18.2 Å². The third kappa shape index (κ3) is 8.07. The number of rotatable bonds is 12. The summed E-state index contributed by atoms with van der Waals surface area (Å²) in [5.74, 6) is 1.23. The first kappa shape index (κ1) is 16.3. The van der Waals surface area contributed by atoms with Crippen LogP contribution >= 0.6 is 0 Å². The molecule has 1 aromatic heterocycles. The minimum absolute atomic E-state index is 1.14. The topological polar surface area (TPSA) is 17.8 Å². The molecule has 0 unspecified atom stereocenters. The molecule has 2 nitrogen and oxygen atoms in total. The number of aromatic nitrogens is 2. The molecule has 0 bridgehead atoms. The molecule has 1 aromatic rings. The van der Waals surface area contributed by atoms with Gasteiger partial charge in [-0.1, -0.05) is 71.1 Å². The first-order chi connectivity index (χ1) is 9.34. The first-order valence-electron chi connectivity index (χ1n) is 8.30. The Morgan fingerprint density at radius 2 is 1.37 bits per heavy atom. The van der Waals surface area contributed by atoms with Crippen LogP contribution in [0.1, 0.15) is 83.4 Å². The van der Waals surface area contributed by atoms with E-state index in [2.05, 4.69) is 23.5 Å². The lowest BCUT2D eigenvalue weighted by molar-refractivity contribution is 0.546. The van der Waals surface area contributed by atoms with E-state index < -0.39 is 0 Å². The fourth-order valence-corrected chi connectivity index (χ4v) is 2.58. The van der Waals surface area contributed by atoms with Gasteiger partial charge in [-0.05, 0) is 6.42 Å². The number of unbranched alkanes of at least 4 members (excludes halogenated alkanes) is 10. The average Bonchev–Trinajstić information content (AvgIpc) is 2.82. The molecule has 0 atom stereocenters. The van der Waals surface area contributed by atoms with E-state index in [0.29, 0.717) is 0 Å². The van der Waals surface area contributed by atoms with Crippen LogP contribution in [0, 0.1) is 0 Å². The zero-order valence-electron chi connectivity index (χ0n) is 13.0. The Bertz CT molecular complexity index is 304. The van der Waals surface area contributed by atoms with Crippen LogP contribution in [0.2, 0.25) is 0 Å². The quantitative estimate of drug-likeness (QED) is 0.470. The van der Waals surface area contributed by atoms with E-state index in [0.717, 1.165) is 6.42 Å². The van der Waals surface area contributed by atoms with Gasteiger partial charge in [-0.15, -0.1) is 0 Å². The lowest BCUT2D eigenvalue weighted by atomic mass is 10.1. The number of imidazole rings is 1. The zero-order chi connectivity index (χ0) is 13.8. The standard InChI is InChI=1S/C17H32N2/c1-3-4-5-6-7-8-9-10-11-12-13-14-17-18-15-16-19(17)2/h15-16H,3-14H2,1-2H3. The second kappa shape index (κ2) is 11.1. The smallest absolute Gasteiger partial charge is 0.108 e. The first-order valence-corrected chi connectivity index (χ1v) is 8.30. The van der Waals surface area contributed by atoms with Crippen molar-refractivity contribution in [3.63, 3.8) is 0 Å². The third-order valence-electron chi connectivity index (χ3n) is 3.92. The summed E-state index contributed by atoms with van der Waals surface area (Å²) < 4.78 is 2.14. The SMILES string of the molecule is CCCCCCCCCCCCCc1nccn1C. The molecule has 0 saturated heterocycles. The van der Waals surface area contributed by atoms with E-state index in [9.17, 15) is 0 Å². The summed E-state index contributed by atoms with van der Waals surface area (Å²) in [7, 11) is 2.08. The molecular formula is C17H32N2. The molecule has 0 amide bonds. The monoisotopic (exact) mass is 264 g/mol. The highest BCUT2D eigenvalue weighted by molar-refractivity contribution is 4.90. The number of hydrogen-bond acceptors (Lipinski definition) is 1. The summed E-state index contributed by atoms with van der Waals surface area (Å²) in [6.07, 6.45) is 20.6. The molecule has 0 aromatic carbocycles. The molecule has 0 radical (unpaired) electrons. The molecule has 19 heavy (non-hydrogen) atoms. The van der Waals surface area contributed by atoms with Crippen molar-refractivity contribution in [2.45, 2.75) is 84.0 Å². The summed E-state index contributed by atoms with van der Waals surface area (Å²) in [6.45, 7) is 2.28. The maximum absolute atomic E-state index is 4.36. The van der Waals surface area contributed by atoms with Crippen molar-refractivity contribution < 1.29 is 0 Å². The molecule has 0 spiro atoms. The molecular weight excluding hydrogens is 232 g/mol. The van der Waals surface area contributed by atoms with Crippen molar-refractivity contribution in [1.29, 1.82) is 0 Å². The van der Waals surface area contributed by atoms with Crippen LogP contribution in [0.4, 0.5) is 0 Å². The Kier molecular flexibility index (Phi) is 9.48. The van der Waals surface area contributed by atoms with Crippen LogP contribution in [0.5, 0.6) is 0 Å². The van der Waals surface area contributed by atoms with Gasteiger partial charge in [-0.3, -0.25) is 0 Å². The largest absolute Gasteiger partial charge is 0.338 e. The maximum Gasteiger partial charge on any atom is 0.108 e. The van der Waals surface area contributed by atoms with Crippen LogP contribution in [-0.4, -0.2) is 9.55 Å². The lowest BCUT2D eigenvalue weighted by Crippen LogP contribution is -1.97. The Labute approximate surface area is 119 Å². The summed E-state index contributed by atoms with van der Waals surface area (Å²) >= 11 is 0. The summed E-state index contributed by atoms with van der Waals surface area (Å²) in [5, 5.41) is 0. The van der Waals surface area contributed by atoms with Crippen molar-refractivity contribution in [2.75, 3.05) is 0 Å². The molecule has 2 heteroatoms. The Balaban J connectivity index is 1.80. The number of aryl methyl sites for hydroxylation is 2. The van der Waals surface area contributed by atoms with Crippen molar-refractivity contribution in [3.8, 4) is 0 Å². The van der Waals surface area contributed by atoms with Gasteiger partial charge >= 0.3 is 0 Å². The van der Waals surface area contributed by atoms with Crippen LogP contribution in [0.3, 0.4) is 0 Å². The molecule has 0 saturated carbocycles. The van der Waals surface area contributed by atoms with E-state index in [1.807, 2.05) is 12.4 Å². The molecule has 0 fully saturated rings. The Morgan fingerprint density at radius 3 is 1.84 bits per heavy atom. The minimum Gasteiger partial charge on any atom is -0.338 e. The minimum atomic E-state index is 1.14. The van der Waals surface area contributed by atoms with Crippen molar-refractivity contribution in [2.24, 2.45) is 7.05 Å². The predicted molar refractivity (Wildman–Crippen MR) is 83.4 cm³/mol. The van der Waals surface area contributed by atoms with Gasteiger partial charge in [-0.25, -0.2) is 4.98 Å². The second-order valence-corrected chi connectivity index (χ2v) is 5.74. The van der Waals surface area contributed by atoms with Gasteiger partial charge in [0.25, 0.3) is 0 Å². The fraction of sp³-hybridized carbons (Fsp3) is 0.824. The Hall–Kier alpha value is -0.790. The zero-order valence-corrected chi connectivity index (χ0v) is 13.0. The molecule has 0 aliphatic carbocycles. The third-order valence-corrected chi connectivity index (χ3v) is 3.92. The molecule has 110 valence electrons. The highest BCUT2D eigenvalue weighted by Crippen LogP contribution is 2.12. The highest BCUT2D eigenvalue weighted by atomic mass is 15.0.